The van der Waals surface area contributed by atoms with Crippen LogP contribution >= 0.6 is 0 Å². The second-order valence-corrected chi connectivity index (χ2v) is 10.5. The molecule has 0 amide bonds. The highest BCUT2D eigenvalue weighted by Gasteiger charge is 2.15. The standard InChI is InChI=1S/C23H48O4S/c1-3-19-23(24)21-18-16-14-12-10-8-6-4-5-7-9-11-13-15-17-20-22(2)28(25,26)27/h22-24H,3-21H2,1-2H3,(H,25,26,27). The van der Waals surface area contributed by atoms with E-state index in [1.807, 2.05) is 0 Å². The van der Waals surface area contributed by atoms with Crippen molar-refractivity contribution in [1.82, 2.24) is 0 Å². The second kappa shape index (κ2) is 18.9. The van der Waals surface area contributed by atoms with Crippen LogP contribution in [0.3, 0.4) is 0 Å². The molecule has 5 heteroatoms. The number of hydrogen-bond acceptors (Lipinski definition) is 3. The molecule has 2 atom stereocenters. The van der Waals surface area contributed by atoms with E-state index in [-0.39, 0.29) is 6.10 Å². The highest BCUT2D eigenvalue weighted by atomic mass is 32.2. The number of rotatable bonds is 21. The summed E-state index contributed by atoms with van der Waals surface area (Å²) in [5.74, 6) is 0. The van der Waals surface area contributed by atoms with Crippen molar-refractivity contribution < 1.29 is 18.1 Å². The van der Waals surface area contributed by atoms with Gasteiger partial charge in [-0.25, -0.2) is 0 Å². The Kier molecular flexibility index (Phi) is 18.8. The van der Waals surface area contributed by atoms with Crippen molar-refractivity contribution in [2.24, 2.45) is 0 Å². The lowest BCUT2D eigenvalue weighted by Crippen LogP contribution is -2.16. The Balaban J connectivity index is 3.16. The Morgan fingerprint density at radius 1 is 0.607 bits per heavy atom. The Morgan fingerprint density at radius 3 is 1.25 bits per heavy atom. The molecular weight excluding hydrogens is 372 g/mol. The Labute approximate surface area is 175 Å². The highest BCUT2D eigenvalue weighted by molar-refractivity contribution is 7.86. The van der Waals surface area contributed by atoms with Crippen LogP contribution in [-0.4, -0.2) is 29.4 Å². The second-order valence-electron chi connectivity index (χ2n) is 8.65. The zero-order valence-electron chi connectivity index (χ0n) is 18.7. The quantitative estimate of drug-likeness (QED) is 0.154. The van der Waals surface area contributed by atoms with Crippen LogP contribution < -0.4 is 0 Å². The van der Waals surface area contributed by atoms with Crippen LogP contribution in [0, 0.1) is 0 Å². The van der Waals surface area contributed by atoms with Crippen LogP contribution in [0.15, 0.2) is 0 Å². The average Bonchev–Trinajstić information content (AvgIpc) is 2.63. The molecule has 0 aromatic heterocycles. The largest absolute Gasteiger partial charge is 0.393 e. The number of hydrogen-bond donors (Lipinski definition) is 2. The molecule has 0 rings (SSSR count). The van der Waals surface area contributed by atoms with Gasteiger partial charge in [0.25, 0.3) is 10.1 Å². The summed E-state index contributed by atoms with van der Waals surface area (Å²) < 4.78 is 30.7. The van der Waals surface area contributed by atoms with E-state index in [2.05, 4.69) is 6.92 Å². The van der Waals surface area contributed by atoms with Crippen LogP contribution in [0.5, 0.6) is 0 Å². The lowest BCUT2D eigenvalue weighted by molar-refractivity contribution is 0.150. The van der Waals surface area contributed by atoms with E-state index in [1.54, 1.807) is 6.92 Å². The van der Waals surface area contributed by atoms with E-state index in [1.165, 1.54) is 83.5 Å². The number of unbranched alkanes of at least 4 members (excludes halogenated alkanes) is 14. The zero-order valence-corrected chi connectivity index (χ0v) is 19.5. The molecule has 0 saturated carbocycles. The van der Waals surface area contributed by atoms with Crippen molar-refractivity contribution in [1.29, 1.82) is 0 Å². The molecule has 0 spiro atoms. The summed E-state index contributed by atoms with van der Waals surface area (Å²) in [6.45, 7) is 3.71. The van der Waals surface area contributed by atoms with Crippen LogP contribution in [0.4, 0.5) is 0 Å². The molecule has 0 aromatic rings. The minimum absolute atomic E-state index is 0.0706. The molecule has 2 unspecified atom stereocenters. The third-order valence-electron chi connectivity index (χ3n) is 5.78. The van der Waals surface area contributed by atoms with Crippen molar-refractivity contribution in [2.75, 3.05) is 0 Å². The highest BCUT2D eigenvalue weighted by Crippen LogP contribution is 2.16. The molecule has 0 aromatic carbocycles. The fourth-order valence-corrected chi connectivity index (χ4v) is 4.20. The molecule has 0 heterocycles. The van der Waals surface area contributed by atoms with E-state index in [9.17, 15) is 13.5 Å². The molecule has 0 aliphatic heterocycles. The van der Waals surface area contributed by atoms with Crippen molar-refractivity contribution in [3.8, 4) is 0 Å². The van der Waals surface area contributed by atoms with Gasteiger partial charge in [0.05, 0.1) is 11.4 Å². The van der Waals surface area contributed by atoms with Gasteiger partial charge in [-0.1, -0.05) is 110 Å². The summed E-state index contributed by atoms with van der Waals surface area (Å²) in [6.07, 6.45) is 22.4. The normalized spacial score (nSPS) is 14.3. The average molecular weight is 421 g/mol. The Morgan fingerprint density at radius 2 is 0.929 bits per heavy atom. The molecule has 4 nitrogen and oxygen atoms in total. The fourth-order valence-electron chi connectivity index (χ4n) is 3.74. The van der Waals surface area contributed by atoms with Crippen LogP contribution in [-0.2, 0) is 10.1 Å². The molecule has 170 valence electrons. The smallest absolute Gasteiger partial charge is 0.267 e. The molecule has 0 saturated heterocycles. The van der Waals surface area contributed by atoms with Gasteiger partial charge in [-0.3, -0.25) is 4.55 Å². The van der Waals surface area contributed by atoms with E-state index in [0.29, 0.717) is 6.42 Å². The Bertz CT molecular complexity index is 422. The summed E-state index contributed by atoms with van der Waals surface area (Å²) in [7, 11) is -3.84. The first-order valence-corrected chi connectivity index (χ1v) is 13.5. The first kappa shape index (κ1) is 27.9. The van der Waals surface area contributed by atoms with Gasteiger partial charge in [-0.15, -0.1) is 0 Å². The minimum atomic E-state index is -3.84. The van der Waals surface area contributed by atoms with E-state index in [4.69, 9.17) is 4.55 Å². The monoisotopic (exact) mass is 420 g/mol. The zero-order chi connectivity index (χ0) is 21.1. The van der Waals surface area contributed by atoms with Gasteiger partial charge in [0, 0.05) is 0 Å². The summed E-state index contributed by atoms with van der Waals surface area (Å²) in [5, 5.41) is 9.06. The lowest BCUT2D eigenvalue weighted by atomic mass is 10.0. The first-order valence-electron chi connectivity index (χ1n) is 12.0. The van der Waals surface area contributed by atoms with Gasteiger partial charge in [-0.05, 0) is 26.2 Å². The van der Waals surface area contributed by atoms with Gasteiger partial charge in [0.1, 0.15) is 0 Å². The minimum Gasteiger partial charge on any atom is -0.393 e. The fraction of sp³-hybridized carbons (Fsp3) is 1.00. The van der Waals surface area contributed by atoms with E-state index < -0.39 is 15.4 Å². The van der Waals surface area contributed by atoms with Gasteiger partial charge >= 0.3 is 0 Å². The molecule has 28 heavy (non-hydrogen) atoms. The van der Waals surface area contributed by atoms with Gasteiger partial charge < -0.3 is 5.11 Å². The molecule has 0 radical (unpaired) electrons. The van der Waals surface area contributed by atoms with Crippen molar-refractivity contribution in [3.63, 3.8) is 0 Å². The third-order valence-corrected chi connectivity index (χ3v) is 7.03. The SMILES string of the molecule is CCCC(O)CCCCCCCCCCCCCCCCCC(C)S(=O)(=O)O. The third kappa shape index (κ3) is 19.2. The van der Waals surface area contributed by atoms with Crippen molar-refractivity contribution in [2.45, 2.75) is 147 Å². The molecular formula is C23H48O4S. The molecule has 0 aliphatic carbocycles. The topological polar surface area (TPSA) is 74.6 Å². The lowest BCUT2D eigenvalue weighted by Gasteiger charge is -2.08. The first-order chi connectivity index (χ1) is 13.4. The summed E-state index contributed by atoms with van der Waals surface area (Å²) >= 11 is 0. The van der Waals surface area contributed by atoms with E-state index in [0.717, 1.165) is 32.1 Å². The predicted octanol–water partition coefficient (Wildman–Crippen LogP) is 7.06. The van der Waals surface area contributed by atoms with Crippen molar-refractivity contribution in [3.05, 3.63) is 0 Å². The maximum absolute atomic E-state index is 10.9. The molecule has 2 N–H and O–H groups in total. The Hall–Kier alpha value is -0.130. The number of aliphatic hydroxyl groups excluding tert-OH is 1. The summed E-state index contributed by atoms with van der Waals surface area (Å²) in [4.78, 5) is 0. The predicted molar refractivity (Wildman–Crippen MR) is 120 cm³/mol. The van der Waals surface area contributed by atoms with Gasteiger partial charge in [0.2, 0.25) is 0 Å². The molecule has 0 fully saturated rings. The van der Waals surface area contributed by atoms with Gasteiger partial charge in [-0.2, -0.15) is 8.42 Å². The van der Waals surface area contributed by atoms with Crippen LogP contribution in [0.25, 0.3) is 0 Å². The van der Waals surface area contributed by atoms with Crippen LogP contribution in [0.1, 0.15) is 136 Å². The number of aliphatic hydroxyl groups is 1. The van der Waals surface area contributed by atoms with Gasteiger partial charge in [0.15, 0.2) is 0 Å². The van der Waals surface area contributed by atoms with Crippen molar-refractivity contribution >= 4 is 10.1 Å². The summed E-state index contributed by atoms with van der Waals surface area (Å²) in [5.41, 5.74) is 0. The maximum Gasteiger partial charge on any atom is 0.267 e. The summed E-state index contributed by atoms with van der Waals surface area (Å²) in [6, 6.07) is 0. The maximum atomic E-state index is 10.9. The molecule has 0 aliphatic rings. The van der Waals surface area contributed by atoms with E-state index >= 15 is 0 Å². The van der Waals surface area contributed by atoms with Crippen LogP contribution in [0.2, 0.25) is 0 Å². The molecule has 0 bridgehead atoms.